The van der Waals surface area contributed by atoms with Crippen LogP contribution in [0, 0.1) is 0 Å². The number of aromatic nitrogens is 4. The summed E-state index contributed by atoms with van der Waals surface area (Å²) in [6, 6.07) is 5.39. The fourth-order valence-electron chi connectivity index (χ4n) is 3.43. The summed E-state index contributed by atoms with van der Waals surface area (Å²) >= 11 is 1.89. The normalized spacial score (nSPS) is 13.3. The average Bonchev–Trinajstić information content (AvgIpc) is 3.14. The number of aromatic amines is 1. The number of nitrogens with one attached hydrogen (secondary N) is 2. The quantitative estimate of drug-likeness (QED) is 0.595. The maximum absolute atomic E-state index is 11.7. The highest BCUT2D eigenvalue weighted by Crippen LogP contribution is 2.27. The predicted octanol–water partition coefficient (Wildman–Crippen LogP) is 3.77. The minimum absolute atomic E-state index is 0.132. The van der Waals surface area contributed by atoms with E-state index < -0.39 is 0 Å². The molecule has 0 bridgehead atoms. The Morgan fingerprint density at radius 2 is 2.11 bits per heavy atom. The summed E-state index contributed by atoms with van der Waals surface area (Å²) in [7, 11) is 0. The third-order valence-corrected chi connectivity index (χ3v) is 6.17. The molecule has 0 radical (unpaired) electrons. The highest BCUT2D eigenvalue weighted by atomic mass is 32.1. The van der Waals surface area contributed by atoms with Crippen molar-refractivity contribution in [1.82, 2.24) is 19.9 Å². The molecule has 28 heavy (non-hydrogen) atoms. The smallest absolute Gasteiger partial charge is 0.251 e. The first kappa shape index (κ1) is 18.8. The van der Waals surface area contributed by atoms with Gasteiger partial charge in [0.05, 0.1) is 10.7 Å². The van der Waals surface area contributed by atoms with Gasteiger partial charge in [-0.25, -0.2) is 15.0 Å². The molecule has 3 aromatic heterocycles. The van der Waals surface area contributed by atoms with Crippen LogP contribution in [-0.4, -0.2) is 26.5 Å². The van der Waals surface area contributed by atoms with Crippen LogP contribution in [0.1, 0.15) is 47.5 Å². The van der Waals surface area contributed by atoms with Crippen LogP contribution >= 0.6 is 11.3 Å². The zero-order chi connectivity index (χ0) is 19.3. The molecule has 0 spiro atoms. The Hall–Kier alpha value is -2.54. The number of hydrogen-bond acceptors (Lipinski definition) is 6. The third-order valence-electron chi connectivity index (χ3n) is 4.96. The molecule has 0 saturated carbocycles. The average molecular weight is 396 g/mol. The first-order valence-corrected chi connectivity index (χ1v) is 10.8. The molecule has 0 unspecified atom stereocenters. The lowest BCUT2D eigenvalue weighted by atomic mass is 10.0. The van der Waals surface area contributed by atoms with Gasteiger partial charge in [-0.15, -0.1) is 11.3 Å². The van der Waals surface area contributed by atoms with E-state index in [9.17, 15) is 4.79 Å². The Kier molecular flexibility index (Phi) is 5.81. The van der Waals surface area contributed by atoms with E-state index >= 15 is 0 Å². The lowest BCUT2D eigenvalue weighted by molar-refractivity contribution is 0.679. The fourth-order valence-corrected chi connectivity index (χ4v) is 4.63. The maximum atomic E-state index is 11.7. The largest absolute Gasteiger partial charge is 0.370 e. The van der Waals surface area contributed by atoms with Crippen LogP contribution < -0.4 is 10.9 Å². The number of pyridine rings is 1. The van der Waals surface area contributed by atoms with Gasteiger partial charge in [0.1, 0.15) is 11.6 Å². The second kappa shape index (κ2) is 8.65. The van der Waals surface area contributed by atoms with Crippen molar-refractivity contribution in [1.29, 1.82) is 0 Å². The summed E-state index contributed by atoms with van der Waals surface area (Å²) < 4.78 is 0. The minimum atomic E-state index is -0.132. The van der Waals surface area contributed by atoms with Gasteiger partial charge in [0.2, 0.25) is 0 Å². The molecular formula is C21H25N5OS. The van der Waals surface area contributed by atoms with Gasteiger partial charge in [0.25, 0.3) is 5.56 Å². The molecule has 1 aliphatic rings. The van der Waals surface area contributed by atoms with E-state index in [0.29, 0.717) is 5.82 Å². The molecule has 3 aromatic rings. The van der Waals surface area contributed by atoms with Crippen molar-refractivity contribution in [2.45, 2.75) is 51.9 Å². The van der Waals surface area contributed by atoms with Crippen molar-refractivity contribution < 1.29 is 0 Å². The molecule has 0 amide bonds. The van der Waals surface area contributed by atoms with E-state index in [1.54, 1.807) is 6.20 Å². The van der Waals surface area contributed by atoms with Crippen molar-refractivity contribution in [3.8, 4) is 11.4 Å². The standard InChI is InChI=1S/C21H25N5OS/c1-2-15-12-19(27)26-21(24-15)14-9-10-18(23-13-14)22-11-5-8-20-25-16-6-3-4-7-17(16)28-20/h9-10,12-13H,2-8,11H2,1H3,(H,22,23)(H,24,26,27). The molecule has 0 aliphatic heterocycles. The number of H-pyrrole nitrogens is 1. The lowest BCUT2D eigenvalue weighted by Gasteiger charge is -2.07. The first-order chi connectivity index (χ1) is 13.7. The Bertz CT molecular complexity index is 969. The van der Waals surface area contributed by atoms with Crippen LogP contribution in [0.2, 0.25) is 0 Å². The number of rotatable bonds is 7. The van der Waals surface area contributed by atoms with Gasteiger partial charge in [-0.05, 0) is 50.7 Å². The van der Waals surface area contributed by atoms with Gasteiger partial charge in [-0.3, -0.25) is 4.79 Å². The molecule has 6 nitrogen and oxygen atoms in total. The highest BCUT2D eigenvalue weighted by Gasteiger charge is 2.14. The maximum Gasteiger partial charge on any atom is 0.251 e. The van der Waals surface area contributed by atoms with Crippen LogP contribution in [-0.2, 0) is 25.7 Å². The lowest BCUT2D eigenvalue weighted by Crippen LogP contribution is -2.10. The van der Waals surface area contributed by atoms with Crippen LogP contribution in [0.3, 0.4) is 0 Å². The summed E-state index contributed by atoms with van der Waals surface area (Å²) in [5.74, 6) is 1.40. The van der Waals surface area contributed by atoms with Gasteiger partial charge in [0.15, 0.2) is 0 Å². The van der Waals surface area contributed by atoms with Gasteiger partial charge in [-0.2, -0.15) is 0 Å². The van der Waals surface area contributed by atoms with Crippen molar-refractivity contribution in [3.63, 3.8) is 0 Å². The molecule has 4 rings (SSSR count). The summed E-state index contributed by atoms with van der Waals surface area (Å²) in [6.07, 6.45) is 9.47. The molecule has 0 fully saturated rings. The number of thiazole rings is 1. The van der Waals surface area contributed by atoms with Crippen LogP contribution in [0.15, 0.2) is 29.2 Å². The molecule has 3 heterocycles. The summed E-state index contributed by atoms with van der Waals surface area (Å²) in [5.41, 5.74) is 2.80. The molecule has 0 atom stereocenters. The molecule has 0 aromatic carbocycles. The SMILES string of the molecule is CCc1cc(=O)[nH]c(-c2ccc(NCCCc3nc4c(s3)CCCC4)nc2)n1. The third kappa shape index (κ3) is 4.47. The molecular weight excluding hydrogens is 370 g/mol. The van der Waals surface area contributed by atoms with Crippen molar-refractivity contribution in [2.75, 3.05) is 11.9 Å². The molecule has 1 aliphatic carbocycles. The molecule has 0 saturated heterocycles. The summed E-state index contributed by atoms with van der Waals surface area (Å²) in [5, 5.41) is 4.63. The summed E-state index contributed by atoms with van der Waals surface area (Å²) in [4.78, 5) is 29.7. The molecule has 2 N–H and O–H groups in total. The van der Waals surface area contributed by atoms with Crippen LogP contribution in [0.5, 0.6) is 0 Å². The van der Waals surface area contributed by atoms with Crippen LogP contribution in [0.4, 0.5) is 5.82 Å². The van der Waals surface area contributed by atoms with E-state index in [1.807, 2.05) is 30.4 Å². The number of nitrogens with zero attached hydrogens (tertiary/aromatic N) is 3. The minimum Gasteiger partial charge on any atom is -0.370 e. The molecule has 146 valence electrons. The van der Waals surface area contributed by atoms with E-state index in [4.69, 9.17) is 4.98 Å². The van der Waals surface area contributed by atoms with Gasteiger partial charge < -0.3 is 10.3 Å². The summed E-state index contributed by atoms with van der Waals surface area (Å²) in [6.45, 7) is 2.84. The first-order valence-electron chi connectivity index (χ1n) is 9.99. The van der Waals surface area contributed by atoms with E-state index in [1.165, 1.54) is 40.9 Å². The highest BCUT2D eigenvalue weighted by molar-refractivity contribution is 7.11. The van der Waals surface area contributed by atoms with Crippen LogP contribution in [0.25, 0.3) is 11.4 Å². The van der Waals surface area contributed by atoms with E-state index in [-0.39, 0.29) is 5.56 Å². The van der Waals surface area contributed by atoms with Gasteiger partial charge >= 0.3 is 0 Å². The van der Waals surface area contributed by atoms with Gasteiger partial charge in [0, 0.05) is 41.4 Å². The zero-order valence-corrected chi connectivity index (χ0v) is 16.9. The van der Waals surface area contributed by atoms with Gasteiger partial charge in [-0.1, -0.05) is 6.92 Å². The fraction of sp³-hybridized carbons (Fsp3) is 0.429. The predicted molar refractivity (Wildman–Crippen MR) is 113 cm³/mol. The van der Waals surface area contributed by atoms with Crippen molar-refractivity contribution in [2.24, 2.45) is 0 Å². The Balaban J connectivity index is 1.30. The number of aryl methyl sites for hydroxylation is 4. The monoisotopic (exact) mass is 395 g/mol. The Morgan fingerprint density at radius 1 is 1.21 bits per heavy atom. The Morgan fingerprint density at radius 3 is 2.89 bits per heavy atom. The molecule has 7 heteroatoms. The van der Waals surface area contributed by atoms with E-state index in [0.717, 1.165) is 49.3 Å². The second-order valence-electron chi connectivity index (χ2n) is 7.09. The Labute approximate surface area is 168 Å². The topological polar surface area (TPSA) is 83.6 Å². The zero-order valence-electron chi connectivity index (χ0n) is 16.1. The second-order valence-corrected chi connectivity index (χ2v) is 8.25. The van der Waals surface area contributed by atoms with Crippen molar-refractivity contribution in [3.05, 3.63) is 56.0 Å². The number of fused-ring (bicyclic) bond motifs is 1. The van der Waals surface area contributed by atoms with E-state index in [2.05, 4.69) is 20.3 Å². The number of anilines is 1. The number of hydrogen-bond donors (Lipinski definition) is 2. The van der Waals surface area contributed by atoms with Crippen molar-refractivity contribution >= 4 is 17.2 Å².